The van der Waals surface area contributed by atoms with Gasteiger partial charge in [0.25, 0.3) is 5.69 Å². The number of nitriles is 1. The van der Waals surface area contributed by atoms with Crippen molar-refractivity contribution in [2.75, 3.05) is 5.32 Å². The summed E-state index contributed by atoms with van der Waals surface area (Å²) in [6.07, 6.45) is 1.21. The molecule has 0 amide bonds. The molecule has 0 fully saturated rings. The van der Waals surface area contributed by atoms with Crippen molar-refractivity contribution in [2.45, 2.75) is 6.61 Å². The van der Waals surface area contributed by atoms with E-state index in [4.69, 9.17) is 5.26 Å². The topological polar surface area (TPSA) is 154 Å². The molecular weight excluding hydrogens is 278 g/mol. The molecule has 10 heteroatoms. The molecule has 2 rings (SSSR count). The van der Waals surface area contributed by atoms with E-state index < -0.39 is 4.92 Å². The molecule has 0 spiro atoms. The Morgan fingerprint density at radius 1 is 1.62 bits per heavy atom. The number of H-pyrrole nitrogens is 1. The molecule has 0 atom stereocenters. The smallest absolute Gasteiger partial charge is 0.293 e. The maximum Gasteiger partial charge on any atom is 0.293 e. The average Bonchev–Trinajstić information content (AvgIpc) is 3.01. The number of aromatic amines is 1. The quantitative estimate of drug-likeness (QED) is 0.409. The van der Waals surface area contributed by atoms with E-state index in [0.717, 1.165) is 0 Å². The SMILES string of the molecule is N#CC(=CNc1c(CO)cccc1[N+](=O)[O-])c1nn[nH]n1. The molecule has 0 aliphatic heterocycles. The number of nitrogens with zero attached hydrogens (tertiary/aromatic N) is 5. The van der Waals surface area contributed by atoms with E-state index in [2.05, 4.69) is 25.9 Å². The highest BCUT2D eigenvalue weighted by Crippen LogP contribution is 2.28. The summed E-state index contributed by atoms with van der Waals surface area (Å²) < 4.78 is 0. The van der Waals surface area contributed by atoms with Crippen LogP contribution in [0, 0.1) is 21.4 Å². The summed E-state index contributed by atoms with van der Waals surface area (Å²) in [6.45, 7) is -0.387. The number of nitro groups is 1. The first-order chi connectivity index (χ1) is 10.2. The van der Waals surface area contributed by atoms with E-state index in [-0.39, 0.29) is 29.4 Å². The number of hydrogen-bond acceptors (Lipinski definition) is 8. The van der Waals surface area contributed by atoms with Crippen LogP contribution in [-0.4, -0.2) is 30.7 Å². The molecule has 21 heavy (non-hydrogen) atoms. The molecule has 3 N–H and O–H groups in total. The summed E-state index contributed by atoms with van der Waals surface area (Å²) in [4.78, 5) is 10.4. The van der Waals surface area contributed by atoms with Gasteiger partial charge in [-0.1, -0.05) is 12.1 Å². The number of aliphatic hydroxyl groups is 1. The molecule has 10 nitrogen and oxygen atoms in total. The minimum atomic E-state index is -0.588. The van der Waals surface area contributed by atoms with Crippen LogP contribution in [0.4, 0.5) is 11.4 Å². The molecule has 0 radical (unpaired) electrons. The summed E-state index contributed by atoms with van der Waals surface area (Å²) >= 11 is 0. The molecule has 1 heterocycles. The van der Waals surface area contributed by atoms with Crippen molar-refractivity contribution < 1.29 is 10.0 Å². The van der Waals surface area contributed by atoms with Crippen molar-refractivity contribution in [3.63, 3.8) is 0 Å². The first-order valence-electron chi connectivity index (χ1n) is 5.65. The fraction of sp³-hybridized carbons (Fsp3) is 0.0909. The zero-order valence-electron chi connectivity index (χ0n) is 10.5. The monoisotopic (exact) mass is 287 g/mol. The van der Waals surface area contributed by atoms with Crippen LogP contribution in [-0.2, 0) is 6.61 Å². The number of para-hydroxylation sites is 1. The van der Waals surface area contributed by atoms with Crippen LogP contribution in [0.3, 0.4) is 0 Å². The summed E-state index contributed by atoms with van der Waals surface area (Å²) in [5.41, 5.74) is 0.237. The van der Waals surface area contributed by atoms with Crippen molar-refractivity contribution in [1.82, 2.24) is 20.6 Å². The standard InChI is InChI=1S/C11H9N7O3/c12-4-8(11-14-16-17-15-11)5-13-10-7(6-19)2-1-3-9(10)18(20)21/h1-3,5,13,19H,6H2,(H,14,15,16,17). The fourth-order valence-corrected chi connectivity index (χ4v) is 1.60. The van der Waals surface area contributed by atoms with Gasteiger partial charge in [0.05, 0.1) is 11.5 Å². The molecule has 0 unspecified atom stereocenters. The summed E-state index contributed by atoms with van der Waals surface area (Å²) in [6, 6.07) is 6.12. The Bertz CT molecular complexity index is 718. The van der Waals surface area contributed by atoms with Gasteiger partial charge in [-0.3, -0.25) is 10.1 Å². The molecule has 0 saturated heterocycles. The van der Waals surface area contributed by atoms with Crippen LogP contribution in [0.5, 0.6) is 0 Å². The van der Waals surface area contributed by atoms with Crippen molar-refractivity contribution in [3.8, 4) is 6.07 Å². The third-order valence-corrected chi connectivity index (χ3v) is 2.56. The van der Waals surface area contributed by atoms with E-state index in [1.165, 1.54) is 24.4 Å². The largest absolute Gasteiger partial charge is 0.392 e. The molecule has 0 aliphatic carbocycles. The van der Waals surface area contributed by atoms with E-state index in [9.17, 15) is 15.2 Å². The van der Waals surface area contributed by atoms with Gasteiger partial charge < -0.3 is 10.4 Å². The number of aliphatic hydroxyl groups excluding tert-OH is 1. The van der Waals surface area contributed by atoms with Gasteiger partial charge in [0.1, 0.15) is 17.3 Å². The predicted octanol–water partition coefficient (Wildman–Crippen LogP) is 0.577. The number of allylic oxidation sites excluding steroid dienone is 1. The molecule has 1 aromatic heterocycles. The van der Waals surface area contributed by atoms with Crippen molar-refractivity contribution in [3.05, 3.63) is 45.9 Å². The van der Waals surface area contributed by atoms with Crippen LogP contribution in [0.2, 0.25) is 0 Å². The Hall–Kier alpha value is -3.32. The third-order valence-electron chi connectivity index (χ3n) is 2.56. The second kappa shape index (κ2) is 6.22. The van der Waals surface area contributed by atoms with Gasteiger partial charge in [-0.25, -0.2) is 0 Å². The van der Waals surface area contributed by atoms with E-state index in [1.54, 1.807) is 0 Å². The van der Waals surface area contributed by atoms with Crippen LogP contribution in [0.25, 0.3) is 5.57 Å². The Morgan fingerprint density at radius 3 is 3.00 bits per heavy atom. The normalized spacial score (nSPS) is 11.0. The zero-order valence-corrected chi connectivity index (χ0v) is 10.5. The van der Waals surface area contributed by atoms with Gasteiger partial charge in [0.2, 0.25) is 5.82 Å². The summed E-state index contributed by atoms with van der Waals surface area (Å²) in [7, 11) is 0. The molecule has 0 saturated carbocycles. The van der Waals surface area contributed by atoms with Crippen LogP contribution < -0.4 is 5.32 Å². The molecule has 2 aromatic rings. The number of aromatic nitrogens is 4. The molecule has 0 bridgehead atoms. The lowest BCUT2D eigenvalue weighted by atomic mass is 10.1. The van der Waals surface area contributed by atoms with Gasteiger partial charge in [0, 0.05) is 17.8 Å². The minimum absolute atomic E-state index is 0.0331. The minimum Gasteiger partial charge on any atom is -0.392 e. The Labute approximate surface area is 117 Å². The predicted molar refractivity (Wildman–Crippen MR) is 70.4 cm³/mol. The van der Waals surface area contributed by atoms with Crippen molar-refractivity contribution in [1.29, 1.82) is 5.26 Å². The number of hydrogen-bond donors (Lipinski definition) is 3. The number of nitro benzene ring substituents is 1. The van der Waals surface area contributed by atoms with Gasteiger partial charge in [-0.15, -0.1) is 10.2 Å². The molecular formula is C11H9N7O3. The van der Waals surface area contributed by atoms with Crippen molar-refractivity contribution >= 4 is 16.9 Å². The Balaban J connectivity index is 2.39. The highest BCUT2D eigenvalue weighted by atomic mass is 16.6. The maximum atomic E-state index is 11.0. The maximum absolute atomic E-state index is 11.0. The van der Waals surface area contributed by atoms with E-state index in [1.807, 2.05) is 6.07 Å². The Morgan fingerprint density at radius 2 is 2.43 bits per heavy atom. The number of rotatable bonds is 5. The number of nitrogens with one attached hydrogen (secondary N) is 2. The van der Waals surface area contributed by atoms with Crippen molar-refractivity contribution in [2.24, 2.45) is 0 Å². The number of tetrazole rings is 1. The summed E-state index contributed by atoms with van der Waals surface area (Å²) in [5, 5.41) is 44.7. The fourth-order valence-electron chi connectivity index (χ4n) is 1.60. The highest BCUT2D eigenvalue weighted by molar-refractivity contribution is 5.76. The lowest BCUT2D eigenvalue weighted by Gasteiger charge is -2.07. The summed E-state index contributed by atoms with van der Waals surface area (Å²) in [5.74, 6) is 0.0501. The van der Waals surface area contributed by atoms with E-state index >= 15 is 0 Å². The van der Waals surface area contributed by atoms with Crippen LogP contribution in [0.15, 0.2) is 24.4 Å². The van der Waals surface area contributed by atoms with E-state index in [0.29, 0.717) is 5.56 Å². The first kappa shape index (κ1) is 14.1. The second-order valence-corrected chi connectivity index (χ2v) is 3.78. The highest BCUT2D eigenvalue weighted by Gasteiger charge is 2.16. The van der Waals surface area contributed by atoms with Gasteiger partial charge >= 0.3 is 0 Å². The number of anilines is 1. The average molecular weight is 287 g/mol. The second-order valence-electron chi connectivity index (χ2n) is 3.78. The Kier molecular flexibility index (Phi) is 4.17. The third kappa shape index (κ3) is 2.99. The van der Waals surface area contributed by atoms with Crippen LogP contribution >= 0.6 is 0 Å². The lowest BCUT2D eigenvalue weighted by Crippen LogP contribution is -2.01. The molecule has 0 aliphatic rings. The zero-order chi connectivity index (χ0) is 15.2. The molecule has 1 aromatic carbocycles. The van der Waals surface area contributed by atoms with Gasteiger partial charge in [0.15, 0.2) is 0 Å². The van der Waals surface area contributed by atoms with Gasteiger partial charge in [-0.05, 0) is 5.21 Å². The van der Waals surface area contributed by atoms with Crippen LogP contribution in [0.1, 0.15) is 11.4 Å². The molecule has 106 valence electrons. The number of benzene rings is 1. The first-order valence-corrected chi connectivity index (χ1v) is 5.65. The van der Waals surface area contributed by atoms with Gasteiger partial charge in [-0.2, -0.15) is 10.5 Å². The lowest BCUT2D eigenvalue weighted by molar-refractivity contribution is -0.384.